The van der Waals surface area contributed by atoms with Gasteiger partial charge in [0.25, 0.3) is 5.56 Å². The summed E-state index contributed by atoms with van der Waals surface area (Å²) in [5, 5.41) is 8.83. The van der Waals surface area contributed by atoms with Crippen LogP contribution in [0.1, 0.15) is 5.56 Å². The van der Waals surface area contributed by atoms with Crippen LogP contribution >= 0.6 is 0 Å². The number of likely N-dealkylation sites (tertiary alicyclic amines) is 1. The Kier molecular flexibility index (Phi) is 4.62. The van der Waals surface area contributed by atoms with Crippen molar-refractivity contribution < 1.29 is 0 Å². The first-order valence-electron chi connectivity index (χ1n) is 8.87. The number of rotatable bonds is 6. The predicted molar refractivity (Wildman–Crippen MR) is 98.6 cm³/mol. The third kappa shape index (κ3) is 3.72. The van der Waals surface area contributed by atoms with E-state index in [9.17, 15) is 4.79 Å². The van der Waals surface area contributed by atoms with Crippen LogP contribution in [0.5, 0.6) is 0 Å². The zero-order valence-corrected chi connectivity index (χ0v) is 14.8. The Morgan fingerprint density at radius 2 is 2.04 bits per heavy atom. The lowest BCUT2D eigenvalue weighted by Gasteiger charge is -2.39. The summed E-state index contributed by atoms with van der Waals surface area (Å²) >= 11 is 0. The summed E-state index contributed by atoms with van der Waals surface area (Å²) in [6.07, 6.45) is 7.43. The van der Waals surface area contributed by atoms with E-state index in [4.69, 9.17) is 0 Å². The molecule has 3 aromatic rings. The van der Waals surface area contributed by atoms with Crippen molar-refractivity contribution in [3.8, 4) is 11.3 Å². The van der Waals surface area contributed by atoms with Crippen molar-refractivity contribution in [1.82, 2.24) is 29.4 Å². The van der Waals surface area contributed by atoms with Crippen LogP contribution in [0.3, 0.4) is 0 Å². The topological polar surface area (TPSA) is 68.8 Å². The first-order chi connectivity index (χ1) is 12.7. The minimum atomic E-state index is -0.0527. The summed E-state index contributed by atoms with van der Waals surface area (Å²) in [7, 11) is 0. The minimum Gasteiger partial charge on any atom is -0.301 e. The lowest BCUT2D eigenvalue weighted by molar-refractivity contribution is 0.0795. The fraction of sp³-hybridized carbons (Fsp3) is 0.368. The number of hydrogen-bond acceptors (Lipinski definition) is 5. The van der Waals surface area contributed by atoms with E-state index in [1.54, 1.807) is 29.2 Å². The first kappa shape index (κ1) is 16.7. The fourth-order valence-electron chi connectivity index (χ4n) is 3.30. The molecular formula is C19H22N6O. The van der Waals surface area contributed by atoms with Gasteiger partial charge in [0, 0.05) is 55.8 Å². The Morgan fingerprint density at radius 3 is 2.77 bits per heavy atom. The van der Waals surface area contributed by atoms with Gasteiger partial charge in [0.2, 0.25) is 0 Å². The molecule has 4 rings (SSSR count). The molecule has 26 heavy (non-hydrogen) atoms. The smallest absolute Gasteiger partial charge is 0.266 e. The monoisotopic (exact) mass is 350 g/mol. The van der Waals surface area contributed by atoms with Gasteiger partial charge in [0.15, 0.2) is 0 Å². The Hall–Kier alpha value is -2.80. The van der Waals surface area contributed by atoms with E-state index >= 15 is 0 Å². The lowest BCUT2D eigenvalue weighted by Crippen LogP contribution is -2.50. The van der Waals surface area contributed by atoms with Crippen LogP contribution in [-0.2, 0) is 13.1 Å². The molecule has 0 spiro atoms. The van der Waals surface area contributed by atoms with Crippen molar-refractivity contribution in [3.63, 3.8) is 0 Å². The number of aromatic nitrogens is 5. The Balaban J connectivity index is 1.33. The molecule has 7 nitrogen and oxygen atoms in total. The van der Waals surface area contributed by atoms with E-state index < -0.39 is 0 Å². The van der Waals surface area contributed by atoms with Crippen LogP contribution in [0.15, 0.2) is 53.8 Å². The van der Waals surface area contributed by atoms with Crippen molar-refractivity contribution in [2.45, 2.75) is 20.0 Å². The van der Waals surface area contributed by atoms with E-state index in [0.29, 0.717) is 12.5 Å². The molecule has 0 bridgehead atoms. The Morgan fingerprint density at radius 1 is 1.15 bits per heavy atom. The van der Waals surface area contributed by atoms with Gasteiger partial charge in [-0.1, -0.05) is 0 Å². The van der Waals surface area contributed by atoms with Crippen LogP contribution in [-0.4, -0.2) is 49.1 Å². The SMILES string of the molecule is Cc1cnn(CCN2CC(Cn3nc(-c4cccnc4)ccc3=O)C2)c1. The van der Waals surface area contributed by atoms with Gasteiger partial charge in [-0.15, -0.1) is 0 Å². The third-order valence-electron chi connectivity index (χ3n) is 4.70. The van der Waals surface area contributed by atoms with Crippen molar-refractivity contribution in [2.75, 3.05) is 19.6 Å². The standard InChI is InChI=1S/C19H22N6O/c1-15-9-21-24(11-15)8-7-23-12-16(13-23)14-25-19(26)5-4-18(22-25)17-3-2-6-20-10-17/h2-6,9-11,16H,7-8,12-14H2,1H3. The van der Waals surface area contributed by atoms with E-state index in [2.05, 4.69) is 26.3 Å². The highest BCUT2D eigenvalue weighted by Gasteiger charge is 2.27. The predicted octanol–water partition coefficient (Wildman–Crippen LogP) is 1.44. The van der Waals surface area contributed by atoms with Gasteiger partial charge >= 0.3 is 0 Å². The lowest BCUT2D eigenvalue weighted by atomic mass is 10.0. The summed E-state index contributed by atoms with van der Waals surface area (Å²) in [5.41, 5.74) is 2.84. The van der Waals surface area contributed by atoms with E-state index in [0.717, 1.165) is 37.4 Å². The second-order valence-corrected chi connectivity index (χ2v) is 6.89. The fourth-order valence-corrected chi connectivity index (χ4v) is 3.30. The van der Waals surface area contributed by atoms with Crippen LogP contribution in [0.25, 0.3) is 11.3 Å². The Bertz CT molecular complexity index is 926. The van der Waals surface area contributed by atoms with Crippen LogP contribution < -0.4 is 5.56 Å². The van der Waals surface area contributed by atoms with Crippen LogP contribution in [0, 0.1) is 12.8 Å². The molecule has 1 fully saturated rings. The molecule has 7 heteroatoms. The molecule has 1 aliphatic rings. The maximum Gasteiger partial charge on any atom is 0.266 e. The van der Waals surface area contributed by atoms with Gasteiger partial charge in [-0.3, -0.25) is 14.5 Å². The second kappa shape index (κ2) is 7.21. The molecule has 1 aliphatic heterocycles. The highest BCUT2D eigenvalue weighted by atomic mass is 16.1. The largest absolute Gasteiger partial charge is 0.301 e. The minimum absolute atomic E-state index is 0.0527. The first-order valence-corrected chi connectivity index (χ1v) is 8.87. The quantitative estimate of drug-likeness (QED) is 0.673. The molecule has 0 aromatic carbocycles. The second-order valence-electron chi connectivity index (χ2n) is 6.89. The van der Waals surface area contributed by atoms with Gasteiger partial charge in [-0.05, 0) is 30.7 Å². The summed E-state index contributed by atoms with van der Waals surface area (Å²) in [6.45, 7) is 6.57. The normalized spacial score (nSPS) is 15.1. The summed E-state index contributed by atoms with van der Waals surface area (Å²) in [4.78, 5) is 18.6. The van der Waals surface area contributed by atoms with E-state index in [1.807, 2.05) is 29.9 Å². The zero-order chi connectivity index (χ0) is 17.9. The molecule has 0 aliphatic carbocycles. The number of aryl methyl sites for hydroxylation is 1. The molecule has 3 aromatic heterocycles. The molecule has 0 radical (unpaired) electrons. The van der Waals surface area contributed by atoms with Crippen LogP contribution in [0.2, 0.25) is 0 Å². The average molecular weight is 350 g/mol. The average Bonchev–Trinajstić information content (AvgIpc) is 3.04. The maximum absolute atomic E-state index is 12.1. The Labute approximate surface area is 151 Å². The van der Waals surface area contributed by atoms with Crippen LogP contribution in [0.4, 0.5) is 0 Å². The van der Waals surface area contributed by atoms with Gasteiger partial charge in [0.1, 0.15) is 0 Å². The van der Waals surface area contributed by atoms with Crippen molar-refractivity contribution >= 4 is 0 Å². The molecule has 0 amide bonds. The number of nitrogens with zero attached hydrogens (tertiary/aromatic N) is 6. The summed E-state index contributed by atoms with van der Waals surface area (Å²) < 4.78 is 3.56. The molecule has 0 atom stereocenters. The zero-order valence-electron chi connectivity index (χ0n) is 14.8. The molecule has 0 unspecified atom stereocenters. The highest BCUT2D eigenvalue weighted by Crippen LogP contribution is 2.18. The van der Waals surface area contributed by atoms with E-state index in [-0.39, 0.29) is 5.56 Å². The molecule has 0 saturated carbocycles. The third-order valence-corrected chi connectivity index (χ3v) is 4.70. The maximum atomic E-state index is 12.1. The highest BCUT2D eigenvalue weighted by molar-refractivity contribution is 5.56. The van der Waals surface area contributed by atoms with Gasteiger partial charge in [-0.2, -0.15) is 10.2 Å². The van der Waals surface area contributed by atoms with Gasteiger partial charge in [0.05, 0.1) is 25.0 Å². The van der Waals surface area contributed by atoms with Crippen molar-refractivity contribution in [3.05, 3.63) is 65.0 Å². The van der Waals surface area contributed by atoms with Crippen molar-refractivity contribution in [1.29, 1.82) is 0 Å². The van der Waals surface area contributed by atoms with Gasteiger partial charge in [-0.25, -0.2) is 4.68 Å². The van der Waals surface area contributed by atoms with E-state index in [1.165, 1.54) is 5.56 Å². The molecular weight excluding hydrogens is 328 g/mol. The number of pyridine rings is 1. The van der Waals surface area contributed by atoms with Crippen molar-refractivity contribution in [2.24, 2.45) is 5.92 Å². The number of hydrogen-bond donors (Lipinski definition) is 0. The summed E-state index contributed by atoms with van der Waals surface area (Å²) in [5.74, 6) is 0.462. The summed E-state index contributed by atoms with van der Waals surface area (Å²) in [6, 6.07) is 7.17. The molecule has 134 valence electrons. The molecule has 1 saturated heterocycles. The molecule has 0 N–H and O–H groups in total. The molecule has 4 heterocycles. The van der Waals surface area contributed by atoms with Gasteiger partial charge < -0.3 is 4.90 Å².